The molecule has 0 aliphatic carbocycles. The minimum Gasteiger partial charge on any atom is -0.489 e. The SMILES string of the molecule is CCCCCCCN1C(=O)/C(=C/c2cn(-c3ccccc3)nc2-c2ccc(OCc3ccccc3)cc2)SC1=S. The van der Waals surface area contributed by atoms with Gasteiger partial charge in [0, 0.05) is 23.9 Å². The van der Waals surface area contributed by atoms with Crippen molar-refractivity contribution in [1.29, 1.82) is 0 Å². The van der Waals surface area contributed by atoms with Crippen LogP contribution in [-0.4, -0.2) is 31.5 Å². The fraction of sp³-hybridized carbons (Fsp3) is 0.242. The van der Waals surface area contributed by atoms with Crippen molar-refractivity contribution in [3.8, 4) is 22.7 Å². The number of aromatic nitrogens is 2. The molecule has 5 rings (SSSR count). The number of rotatable bonds is 12. The Hall–Kier alpha value is -3.68. The molecule has 1 aromatic heterocycles. The lowest BCUT2D eigenvalue weighted by Crippen LogP contribution is -2.29. The van der Waals surface area contributed by atoms with Gasteiger partial charge >= 0.3 is 0 Å². The molecule has 0 spiro atoms. The highest BCUT2D eigenvalue weighted by molar-refractivity contribution is 8.26. The second kappa shape index (κ2) is 13.6. The molecule has 0 saturated carbocycles. The van der Waals surface area contributed by atoms with Gasteiger partial charge in [-0.15, -0.1) is 0 Å². The molecule has 7 heteroatoms. The molecular formula is C33H33N3O2S2. The number of thioether (sulfide) groups is 1. The zero-order valence-electron chi connectivity index (χ0n) is 22.7. The van der Waals surface area contributed by atoms with E-state index in [2.05, 4.69) is 6.92 Å². The normalized spacial score (nSPS) is 14.3. The van der Waals surface area contributed by atoms with Gasteiger partial charge in [0.2, 0.25) is 0 Å². The maximum Gasteiger partial charge on any atom is 0.266 e. The third-order valence-electron chi connectivity index (χ3n) is 6.78. The number of ether oxygens (including phenoxy) is 1. The van der Waals surface area contributed by atoms with Gasteiger partial charge in [-0.3, -0.25) is 9.69 Å². The van der Waals surface area contributed by atoms with Crippen molar-refractivity contribution in [2.24, 2.45) is 0 Å². The van der Waals surface area contributed by atoms with Gasteiger partial charge in [-0.1, -0.05) is 105 Å². The van der Waals surface area contributed by atoms with Crippen molar-refractivity contribution in [2.75, 3.05) is 6.54 Å². The summed E-state index contributed by atoms with van der Waals surface area (Å²) in [7, 11) is 0. The van der Waals surface area contributed by atoms with E-state index in [0.717, 1.165) is 46.7 Å². The molecule has 1 amide bonds. The number of para-hydroxylation sites is 1. The summed E-state index contributed by atoms with van der Waals surface area (Å²) in [4.78, 5) is 15.7. The summed E-state index contributed by atoms with van der Waals surface area (Å²) in [5.74, 6) is 0.769. The average Bonchev–Trinajstić information content (AvgIpc) is 3.53. The van der Waals surface area contributed by atoms with Crippen LogP contribution in [0.15, 0.2) is 96.0 Å². The first-order chi connectivity index (χ1) is 19.6. The fourth-order valence-electron chi connectivity index (χ4n) is 4.59. The number of carbonyl (C=O) groups excluding carboxylic acids is 1. The zero-order chi connectivity index (χ0) is 27.7. The molecule has 3 aromatic carbocycles. The van der Waals surface area contributed by atoms with Crippen LogP contribution < -0.4 is 4.74 Å². The molecule has 0 radical (unpaired) electrons. The Kier molecular flexibility index (Phi) is 9.47. The van der Waals surface area contributed by atoms with Gasteiger partial charge in [0.1, 0.15) is 16.7 Å². The number of thiocarbonyl (C=S) groups is 1. The Labute approximate surface area is 245 Å². The van der Waals surface area contributed by atoms with Crippen LogP contribution in [0.1, 0.15) is 50.2 Å². The van der Waals surface area contributed by atoms with Crippen molar-refractivity contribution in [1.82, 2.24) is 14.7 Å². The first kappa shape index (κ1) is 27.9. The van der Waals surface area contributed by atoms with Gasteiger partial charge in [-0.05, 0) is 54.5 Å². The predicted molar refractivity (Wildman–Crippen MR) is 168 cm³/mol. The number of hydrogen-bond acceptors (Lipinski definition) is 5. The van der Waals surface area contributed by atoms with Crippen LogP contribution in [0.5, 0.6) is 5.75 Å². The monoisotopic (exact) mass is 567 g/mol. The smallest absolute Gasteiger partial charge is 0.266 e. The van der Waals surface area contributed by atoms with E-state index < -0.39 is 0 Å². The van der Waals surface area contributed by atoms with Gasteiger partial charge in [-0.2, -0.15) is 5.10 Å². The second-order valence-electron chi connectivity index (χ2n) is 9.76. The van der Waals surface area contributed by atoms with Gasteiger partial charge in [0.25, 0.3) is 5.91 Å². The third kappa shape index (κ3) is 6.90. The van der Waals surface area contributed by atoms with E-state index in [0.29, 0.717) is 22.4 Å². The maximum atomic E-state index is 13.3. The van der Waals surface area contributed by atoms with Crippen LogP contribution in [0.2, 0.25) is 0 Å². The lowest BCUT2D eigenvalue weighted by molar-refractivity contribution is -0.122. The number of carbonyl (C=O) groups is 1. The van der Waals surface area contributed by atoms with Gasteiger partial charge < -0.3 is 4.74 Å². The molecule has 204 valence electrons. The predicted octanol–water partition coefficient (Wildman–Crippen LogP) is 8.29. The summed E-state index contributed by atoms with van der Waals surface area (Å²) in [6.07, 6.45) is 9.61. The van der Waals surface area contributed by atoms with E-state index in [-0.39, 0.29) is 5.91 Å². The fourth-order valence-corrected chi connectivity index (χ4v) is 5.89. The number of benzene rings is 3. The largest absolute Gasteiger partial charge is 0.489 e. The van der Waals surface area contributed by atoms with Crippen LogP contribution >= 0.6 is 24.0 Å². The number of amides is 1. The highest BCUT2D eigenvalue weighted by atomic mass is 32.2. The van der Waals surface area contributed by atoms with Crippen LogP contribution in [0, 0.1) is 0 Å². The quantitative estimate of drug-likeness (QED) is 0.0979. The van der Waals surface area contributed by atoms with E-state index in [1.807, 2.05) is 102 Å². The standard InChI is InChI=1S/C33H33N3O2S2/c1-2-3-4-5-12-21-35-32(37)30(40-33(35)39)22-27-23-36(28-15-10-7-11-16-28)34-31(27)26-17-19-29(20-18-26)38-24-25-13-8-6-9-14-25/h6-11,13-20,22-23H,2-5,12,21,24H2,1H3/b30-22-. The average molecular weight is 568 g/mol. The van der Waals surface area contributed by atoms with Crippen LogP contribution in [0.25, 0.3) is 23.0 Å². The molecular weight excluding hydrogens is 535 g/mol. The first-order valence-corrected chi connectivity index (χ1v) is 15.0. The summed E-state index contributed by atoms with van der Waals surface area (Å²) in [6, 6.07) is 28.0. The summed E-state index contributed by atoms with van der Waals surface area (Å²) < 4.78 is 8.47. The summed E-state index contributed by atoms with van der Waals surface area (Å²) in [5.41, 5.74) is 4.67. The molecule has 1 aliphatic rings. The molecule has 5 nitrogen and oxygen atoms in total. The van der Waals surface area contributed by atoms with Crippen LogP contribution in [0.3, 0.4) is 0 Å². The Morgan fingerprint density at radius 3 is 2.33 bits per heavy atom. The molecule has 1 aliphatic heterocycles. The van der Waals surface area contributed by atoms with Gasteiger partial charge in [-0.25, -0.2) is 4.68 Å². The van der Waals surface area contributed by atoms with Crippen molar-refractivity contribution >= 4 is 40.3 Å². The molecule has 2 heterocycles. The topological polar surface area (TPSA) is 47.4 Å². The highest BCUT2D eigenvalue weighted by Gasteiger charge is 2.32. The minimum atomic E-state index is -0.0198. The first-order valence-electron chi connectivity index (χ1n) is 13.8. The number of unbranched alkanes of at least 4 members (excludes halogenated alkanes) is 4. The van der Waals surface area contributed by atoms with Crippen molar-refractivity contribution in [2.45, 2.75) is 45.6 Å². The maximum absolute atomic E-state index is 13.3. The van der Waals surface area contributed by atoms with E-state index in [1.165, 1.54) is 31.0 Å². The van der Waals surface area contributed by atoms with Gasteiger partial charge in [0.05, 0.1) is 16.3 Å². The molecule has 1 saturated heterocycles. The minimum absolute atomic E-state index is 0.0198. The van der Waals surface area contributed by atoms with Crippen molar-refractivity contribution < 1.29 is 9.53 Å². The van der Waals surface area contributed by atoms with Crippen LogP contribution in [-0.2, 0) is 11.4 Å². The van der Waals surface area contributed by atoms with Crippen molar-refractivity contribution in [3.63, 3.8) is 0 Å². The van der Waals surface area contributed by atoms with E-state index in [4.69, 9.17) is 22.1 Å². The Morgan fingerprint density at radius 1 is 0.900 bits per heavy atom. The molecule has 1 fully saturated rings. The Bertz CT molecular complexity index is 1460. The lowest BCUT2D eigenvalue weighted by Gasteiger charge is -2.13. The van der Waals surface area contributed by atoms with Crippen molar-refractivity contribution in [3.05, 3.63) is 107 Å². The number of hydrogen-bond donors (Lipinski definition) is 0. The van der Waals surface area contributed by atoms with E-state index in [9.17, 15) is 4.79 Å². The summed E-state index contributed by atoms with van der Waals surface area (Å²) in [5, 5.41) is 4.92. The van der Waals surface area contributed by atoms with E-state index >= 15 is 0 Å². The molecule has 0 unspecified atom stereocenters. The zero-order valence-corrected chi connectivity index (χ0v) is 24.3. The molecule has 0 bridgehead atoms. The Morgan fingerprint density at radius 2 is 1.60 bits per heavy atom. The molecule has 0 N–H and O–H groups in total. The number of nitrogens with zero attached hydrogens (tertiary/aromatic N) is 3. The van der Waals surface area contributed by atoms with Gasteiger partial charge in [0.15, 0.2) is 0 Å². The molecule has 0 atom stereocenters. The van der Waals surface area contributed by atoms with E-state index in [1.54, 1.807) is 4.90 Å². The summed E-state index contributed by atoms with van der Waals surface area (Å²) in [6.45, 7) is 3.38. The lowest BCUT2D eigenvalue weighted by atomic mass is 10.1. The van der Waals surface area contributed by atoms with Crippen LogP contribution in [0.4, 0.5) is 0 Å². The summed E-state index contributed by atoms with van der Waals surface area (Å²) >= 11 is 6.96. The molecule has 40 heavy (non-hydrogen) atoms. The Balaban J connectivity index is 1.38. The highest BCUT2D eigenvalue weighted by Crippen LogP contribution is 2.35. The second-order valence-corrected chi connectivity index (χ2v) is 11.4. The third-order valence-corrected chi connectivity index (χ3v) is 8.16. The molecule has 4 aromatic rings.